The van der Waals surface area contributed by atoms with E-state index in [-0.39, 0.29) is 4.87 Å². The average molecular weight is 316 g/mol. The highest BCUT2D eigenvalue weighted by Gasteiger charge is 2.14. The van der Waals surface area contributed by atoms with Crippen LogP contribution in [0, 0.1) is 0 Å². The van der Waals surface area contributed by atoms with E-state index in [4.69, 9.17) is 0 Å². The van der Waals surface area contributed by atoms with E-state index in [2.05, 4.69) is 30.4 Å². The fourth-order valence-corrected chi connectivity index (χ4v) is 3.90. The van der Waals surface area contributed by atoms with Crippen LogP contribution < -0.4 is 10.2 Å². The summed E-state index contributed by atoms with van der Waals surface area (Å²) in [6, 6.07) is 6.52. The van der Waals surface area contributed by atoms with E-state index in [1.54, 1.807) is 0 Å². The van der Waals surface area contributed by atoms with E-state index in [9.17, 15) is 4.79 Å². The Labute approximate surface area is 136 Å². The average Bonchev–Trinajstić information content (AvgIpc) is 3.13. The standard InChI is InChI=1S/C18H24N2OS/c1-2-3-4-5-6-11-20-17(13-22-18(20)21)15-7-8-16-14(12-15)9-10-19-16/h7-8,12-13,19H,2-6,9-11H2,1H3. The molecule has 0 saturated heterocycles. The van der Waals surface area contributed by atoms with Gasteiger partial charge in [0.1, 0.15) is 0 Å². The third-order valence-electron chi connectivity index (χ3n) is 4.38. The summed E-state index contributed by atoms with van der Waals surface area (Å²) >= 11 is 1.32. The molecule has 4 heteroatoms. The number of hydrogen-bond acceptors (Lipinski definition) is 3. The number of thiazole rings is 1. The first kappa shape index (κ1) is 15.3. The van der Waals surface area contributed by atoms with Gasteiger partial charge < -0.3 is 5.32 Å². The van der Waals surface area contributed by atoms with Crippen LogP contribution >= 0.6 is 11.3 Å². The van der Waals surface area contributed by atoms with Gasteiger partial charge in [0.25, 0.3) is 0 Å². The zero-order chi connectivity index (χ0) is 15.4. The van der Waals surface area contributed by atoms with Crippen LogP contribution in [0.1, 0.15) is 44.6 Å². The maximum atomic E-state index is 12.1. The molecular weight excluding hydrogens is 292 g/mol. The monoisotopic (exact) mass is 316 g/mol. The molecule has 3 nitrogen and oxygen atoms in total. The fourth-order valence-electron chi connectivity index (χ4n) is 3.11. The van der Waals surface area contributed by atoms with Gasteiger partial charge in [0.05, 0.1) is 5.69 Å². The predicted molar refractivity (Wildman–Crippen MR) is 95.0 cm³/mol. The van der Waals surface area contributed by atoms with Crippen molar-refractivity contribution in [3.63, 3.8) is 0 Å². The normalized spacial score (nSPS) is 13.1. The lowest BCUT2D eigenvalue weighted by Crippen LogP contribution is -2.14. The molecule has 3 rings (SSSR count). The van der Waals surface area contributed by atoms with Crippen molar-refractivity contribution >= 4 is 17.0 Å². The first-order chi connectivity index (χ1) is 10.8. The van der Waals surface area contributed by atoms with Gasteiger partial charge in [-0.15, -0.1) is 0 Å². The first-order valence-corrected chi connectivity index (χ1v) is 9.23. The summed E-state index contributed by atoms with van der Waals surface area (Å²) in [4.78, 5) is 12.3. The Morgan fingerprint density at radius 2 is 2.09 bits per heavy atom. The van der Waals surface area contributed by atoms with E-state index in [1.165, 1.54) is 53.8 Å². The highest BCUT2D eigenvalue weighted by atomic mass is 32.1. The molecule has 2 heterocycles. The van der Waals surface area contributed by atoms with E-state index in [1.807, 2.05) is 9.95 Å². The summed E-state index contributed by atoms with van der Waals surface area (Å²) in [5, 5.41) is 5.40. The number of rotatable bonds is 7. The van der Waals surface area contributed by atoms with Gasteiger partial charge in [-0.3, -0.25) is 9.36 Å². The number of fused-ring (bicyclic) bond motifs is 1. The van der Waals surface area contributed by atoms with Crippen LogP contribution in [-0.2, 0) is 13.0 Å². The number of nitrogens with zero attached hydrogens (tertiary/aromatic N) is 1. The molecule has 0 aliphatic carbocycles. The Balaban J connectivity index is 1.75. The molecule has 0 amide bonds. The topological polar surface area (TPSA) is 34.0 Å². The molecule has 0 fully saturated rings. The second kappa shape index (κ2) is 7.14. The highest BCUT2D eigenvalue weighted by molar-refractivity contribution is 7.07. The van der Waals surface area contributed by atoms with E-state index < -0.39 is 0 Å². The molecule has 1 aromatic carbocycles. The second-order valence-corrected chi connectivity index (χ2v) is 6.82. The van der Waals surface area contributed by atoms with E-state index in [0.29, 0.717) is 0 Å². The molecule has 0 saturated carbocycles. The maximum absolute atomic E-state index is 12.1. The van der Waals surface area contributed by atoms with Gasteiger partial charge >= 0.3 is 4.87 Å². The molecular formula is C18H24N2OS. The van der Waals surface area contributed by atoms with Crippen LogP contribution in [0.4, 0.5) is 5.69 Å². The van der Waals surface area contributed by atoms with Crippen LogP contribution in [0.2, 0.25) is 0 Å². The molecule has 118 valence electrons. The zero-order valence-corrected chi connectivity index (χ0v) is 14.0. The number of hydrogen-bond donors (Lipinski definition) is 1. The SMILES string of the molecule is CCCCCCCn1c(-c2ccc3c(c2)CCN3)csc1=O. The molecule has 1 N–H and O–H groups in total. The smallest absolute Gasteiger partial charge is 0.307 e. The number of unbranched alkanes of at least 4 members (excludes halogenated alkanes) is 4. The quantitative estimate of drug-likeness (QED) is 0.762. The Morgan fingerprint density at radius 3 is 2.95 bits per heavy atom. The third kappa shape index (κ3) is 3.27. The molecule has 1 aliphatic heterocycles. The summed E-state index contributed by atoms with van der Waals surface area (Å²) in [6.07, 6.45) is 7.21. The van der Waals surface area contributed by atoms with Gasteiger partial charge in [-0.25, -0.2) is 0 Å². The van der Waals surface area contributed by atoms with Crippen molar-refractivity contribution in [2.45, 2.75) is 52.0 Å². The lowest BCUT2D eigenvalue weighted by molar-refractivity contribution is 0.567. The Bertz CT molecular complexity index is 687. The lowest BCUT2D eigenvalue weighted by Gasteiger charge is -2.09. The molecule has 0 atom stereocenters. The zero-order valence-electron chi connectivity index (χ0n) is 13.2. The predicted octanol–water partition coefficient (Wildman–Crippen LogP) is 4.52. The molecule has 0 bridgehead atoms. The second-order valence-electron chi connectivity index (χ2n) is 6.00. The van der Waals surface area contributed by atoms with Crippen molar-refractivity contribution in [3.05, 3.63) is 38.8 Å². The summed E-state index contributed by atoms with van der Waals surface area (Å²) < 4.78 is 1.96. The highest BCUT2D eigenvalue weighted by Crippen LogP contribution is 2.29. The van der Waals surface area contributed by atoms with Crippen molar-refractivity contribution in [3.8, 4) is 11.3 Å². The summed E-state index contributed by atoms with van der Waals surface area (Å²) in [5.74, 6) is 0. The number of anilines is 1. The van der Waals surface area contributed by atoms with Crippen molar-refractivity contribution in [1.82, 2.24) is 4.57 Å². The minimum absolute atomic E-state index is 0.170. The largest absolute Gasteiger partial charge is 0.384 e. The molecule has 2 aromatic rings. The third-order valence-corrected chi connectivity index (χ3v) is 5.14. The molecule has 0 spiro atoms. The number of nitrogens with one attached hydrogen (secondary N) is 1. The van der Waals surface area contributed by atoms with Crippen LogP contribution in [0.3, 0.4) is 0 Å². The van der Waals surface area contributed by atoms with Crippen molar-refractivity contribution in [1.29, 1.82) is 0 Å². The molecule has 1 aromatic heterocycles. The van der Waals surface area contributed by atoms with Gasteiger partial charge in [0, 0.05) is 24.2 Å². The van der Waals surface area contributed by atoms with Crippen LogP contribution in [0.25, 0.3) is 11.3 Å². The molecule has 22 heavy (non-hydrogen) atoms. The maximum Gasteiger partial charge on any atom is 0.307 e. The first-order valence-electron chi connectivity index (χ1n) is 8.35. The van der Waals surface area contributed by atoms with Crippen LogP contribution in [0.5, 0.6) is 0 Å². The minimum Gasteiger partial charge on any atom is -0.384 e. The van der Waals surface area contributed by atoms with Crippen molar-refractivity contribution in [2.24, 2.45) is 0 Å². The van der Waals surface area contributed by atoms with E-state index >= 15 is 0 Å². The van der Waals surface area contributed by atoms with E-state index in [0.717, 1.165) is 31.6 Å². The van der Waals surface area contributed by atoms with Crippen LogP contribution in [0.15, 0.2) is 28.4 Å². The fraction of sp³-hybridized carbons (Fsp3) is 0.500. The van der Waals surface area contributed by atoms with Gasteiger partial charge in [0.15, 0.2) is 0 Å². The minimum atomic E-state index is 0.170. The molecule has 0 unspecified atom stereocenters. The van der Waals surface area contributed by atoms with Gasteiger partial charge in [-0.05, 0) is 36.1 Å². The molecule has 1 aliphatic rings. The molecule has 0 radical (unpaired) electrons. The Hall–Kier alpha value is -1.55. The van der Waals surface area contributed by atoms with Crippen LogP contribution in [-0.4, -0.2) is 11.1 Å². The Kier molecular flexibility index (Phi) is 4.98. The van der Waals surface area contributed by atoms with Gasteiger partial charge in [-0.2, -0.15) is 0 Å². The summed E-state index contributed by atoms with van der Waals surface area (Å²) in [6.45, 7) is 4.09. The summed E-state index contributed by atoms with van der Waals surface area (Å²) in [7, 11) is 0. The lowest BCUT2D eigenvalue weighted by atomic mass is 10.1. The summed E-state index contributed by atoms with van der Waals surface area (Å²) in [5.41, 5.74) is 4.87. The van der Waals surface area contributed by atoms with Crippen molar-refractivity contribution in [2.75, 3.05) is 11.9 Å². The number of benzene rings is 1. The Morgan fingerprint density at radius 1 is 1.23 bits per heavy atom. The number of aromatic nitrogens is 1. The van der Waals surface area contributed by atoms with Gasteiger partial charge in [0.2, 0.25) is 0 Å². The van der Waals surface area contributed by atoms with Crippen molar-refractivity contribution < 1.29 is 0 Å². The van der Waals surface area contributed by atoms with Gasteiger partial charge in [-0.1, -0.05) is 50.0 Å².